The molecule has 0 unspecified atom stereocenters. The molecule has 5 heteroatoms. The molecule has 0 saturated carbocycles. The van der Waals surface area contributed by atoms with Crippen LogP contribution in [0.25, 0.3) is 0 Å². The fourth-order valence-electron chi connectivity index (χ4n) is 2.10. The summed E-state index contributed by atoms with van der Waals surface area (Å²) in [6, 6.07) is 4.46. The molecule has 0 atom stereocenters. The Morgan fingerprint density at radius 1 is 1.33 bits per heavy atom. The number of hydrogen-bond acceptors (Lipinski definition) is 2. The van der Waals surface area contributed by atoms with Gasteiger partial charge in [0.25, 0.3) is 5.91 Å². The second-order valence-corrected chi connectivity index (χ2v) is 5.27. The predicted molar refractivity (Wildman–Crippen MR) is 72.1 cm³/mol. The van der Waals surface area contributed by atoms with Crippen molar-refractivity contribution in [1.29, 1.82) is 0 Å². The number of rotatable bonds is 2. The van der Waals surface area contributed by atoms with Gasteiger partial charge in [0.15, 0.2) is 0 Å². The van der Waals surface area contributed by atoms with Crippen LogP contribution in [-0.2, 0) is 0 Å². The van der Waals surface area contributed by atoms with Gasteiger partial charge in [0.1, 0.15) is 5.82 Å². The number of amides is 1. The third-order valence-electron chi connectivity index (χ3n) is 3.27. The highest BCUT2D eigenvalue weighted by atomic mass is 79.9. The summed E-state index contributed by atoms with van der Waals surface area (Å²) in [6.45, 7) is 6.14. The average Bonchev–Trinajstić information content (AvgIpc) is 2.41. The van der Waals surface area contributed by atoms with Crippen LogP contribution in [0.4, 0.5) is 4.39 Å². The molecule has 18 heavy (non-hydrogen) atoms. The first-order valence-electron chi connectivity index (χ1n) is 6.08. The van der Waals surface area contributed by atoms with Crippen molar-refractivity contribution in [2.75, 3.05) is 32.7 Å². The van der Waals surface area contributed by atoms with E-state index in [1.807, 2.05) is 0 Å². The van der Waals surface area contributed by atoms with E-state index in [4.69, 9.17) is 0 Å². The standard InChI is InChI=1S/C13H16BrFN2O/c1-2-16-5-7-17(8-6-16)13(18)11-9-10(14)3-4-12(11)15/h3-4,9H,2,5-8H2,1H3. The Bertz CT molecular complexity index is 445. The van der Waals surface area contributed by atoms with Crippen LogP contribution in [-0.4, -0.2) is 48.4 Å². The largest absolute Gasteiger partial charge is 0.336 e. The molecule has 0 aliphatic carbocycles. The van der Waals surface area contributed by atoms with Gasteiger partial charge in [-0.05, 0) is 24.7 Å². The highest BCUT2D eigenvalue weighted by Gasteiger charge is 2.23. The zero-order valence-electron chi connectivity index (χ0n) is 10.3. The summed E-state index contributed by atoms with van der Waals surface area (Å²) in [5.41, 5.74) is 0.148. The van der Waals surface area contributed by atoms with E-state index < -0.39 is 5.82 Å². The number of hydrogen-bond donors (Lipinski definition) is 0. The van der Waals surface area contributed by atoms with Crippen LogP contribution in [0.3, 0.4) is 0 Å². The second kappa shape index (κ2) is 5.80. The number of benzene rings is 1. The van der Waals surface area contributed by atoms with E-state index >= 15 is 0 Å². The Labute approximate surface area is 115 Å². The smallest absolute Gasteiger partial charge is 0.256 e. The average molecular weight is 315 g/mol. The van der Waals surface area contributed by atoms with Gasteiger partial charge in [0, 0.05) is 30.7 Å². The summed E-state index contributed by atoms with van der Waals surface area (Å²) in [4.78, 5) is 16.2. The van der Waals surface area contributed by atoms with Gasteiger partial charge in [-0.15, -0.1) is 0 Å². The minimum Gasteiger partial charge on any atom is -0.336 e. The summed E-state index contributed by atoms with van der Waals surface area (Å²) in [5.74, 6) is -0.675. The Morgan fingerprint density at radius 3 is 2.61 bits per heavy atom. The molecule has 3 nitrogen and oxygen atoms in total. The Hall–Kier alpha value is -0.940. The van der Waals surface area contributed by atoms with Crippen molar-refractivity contribution in [2.24, 2.45) is 0 Å². The number of likely N-dealkylation sites (N-methyl/N-ethyl adjacent to an activating group) is 1. The number of carbonyl (C=O) groups excluding carboxylic acids is 1. The van der Waals surface area contributed by atoms with Crippen molar-refractivity contribution in [3.8, 4) is 0 Å². The monoisotopic (exact) mass is 314 g/mol. The van der Waals surface area contributed by atoms with Gasteiger partial charge in [0.05, 0.1) is 5.56 Å². The second-order valence-electron chi connectivity index (χ2n) is 4.35. The lowest BCUT2D eigenvalue weighted by Crippen LogP contribution is -2.48. The summed E-state index contributed by atoms with van der Waals surface area (Å²) >= 11 is 3.26. The summed E-state index contributed by atoms with van der Waals surface area (Å²) in [5, 5.41) is 0. The van der Waals surface area contributed by atoms with Crippen molar-refractivity contribution in [2.45, 2.75) is 6.92 Å². The molecule has 1 amide bonds. The van der Waals surface area contributed by atoms with E-state index in [1.165, 1.54) is 6.07 Å². The SMILES string of the molecule is CCN1CCN(C(=O)c2cc(Br)ccc2F)CC1. The minimum atomic E-state index is -0.457. The fraction of sp³-hybridized carbons (Fsp3) is 0.462. The number of halogens is 2. The molecule has 0 N–H and O–H groups in total. The molecule has 0 radical (unpaired) electrons. The third kappa shape index (κ3) is 2.90. The van der Waals surface area contributed by atoms with Gasteiger partial charge in [-0.25, -0.2) is 4.39 Å². The Morgan fingerprint density at radius 2 is 2.00 bits per heavy atom. The first kappa shape index (κ1) is 13.5. The van der Waals surface area contributed by atoms with Crippen LogP contribution in [0.2, 0.25) is 0 Å². The van der Waals surface area contributed by atoms with Crippen LogP contribution in [0.1, 0.15) is 17.3 Å². The van der Waals surface area contributed by atoms with Crippen molar-refractivity contribution in [3.63, 3.8) is 0 Å². The van der Waals surface area contributed by atoms with Crippen molar-refractivity contribution in [3.05, 3.63) is 34.1 Å². The highest BCUT2D eigenvalue weighted by molar-refractivity contribution is 9.10. The first-order valence-corrected chi connectivity index (χ1v) is 6.87. The molecule has 2 rings (SSSR count). The maximum Gasteiger partial charge on any atom is 0.256 e. The maximum atomic E-state index is 13.6. The molecule has 0 aromatic heterocycles. The van der Waals surface area contributed by atoms with Crippen molar-refractivity contribution >= 4 is 21.8 Å². The van der Waals surface area contributed by atoms with Gasteiger partial charge >= 0.3 is 0 Å². The molecular formula is C13H16BrFN2O. The van der Waals surface area contributed by atoms with Crippen molar-refractivity contribution < 1.29 is 9.18 Å². The lowest BCUT2D eigenvalue weighted by molar-refractivity contribution is 0.0638. The van der Waals surface area contributed by atoms with Crippen molar-refractivity contribution in [1.82, 2.24) is 9.80 Å². The van der Waals surface area contributed by atoms with Gasteiger partial charge in [-0.2, -0.15) is 0 Å². The van der Waals surface area contributed by atoms with Gasteiger partial charge in [-0.3, -0.25) is 4.79 Å². The molecule has 0 spiro atoms. The van der Waals surface area contributed by atoms with E-state index in [0.29, 0.717) is 13.1 Å². The zero-order valence-corrected chi connectivity index (χ0v) is 11.9. The normalized spacial score (nSPS) is 16.9. The van der Waals surface area contributed by atoms with Gasteiger partial charge in [0.2, 0.25) is 0 Å². The Kier molecular flexibility index (Phi) is 4.35. The number of carbonyl (C=O) groups is 1. The molecular weight excluding hydrogens is 299 g/mol. The Balaban J connectivity index is 2.10. The molecule has 1 aliphatic rings. The fourth-order valence-corrected chi connectivity index (χ4v) is 2.46. The molecule has 1 aliphatic heterocycles. The van der Waals surface area contributed by atoms with Crippen LogP contribution in [0, 0.1) is 5.82 Å². The van der Waals surface area contributed by atoms with Gasteiger partial charge < -0.3 is 9.80 Å². The molecule has 0 bridgehead atoms. The van der Waals surface area contributed by atoms with Crippen LogP contribution in [0.15, 0.2) is 22.7 Å². The minimum absolute atomic E-state index is 0.148. The van der Waals surface area contributed by atoms with Gasteiger partial charge in [-0.1, -0.05) is 22.9 Å². The quantitative estimate of drug-likeness (QED) is 0.836. The maximum absolute atomic E-state index is 13.6. The van der Waals surface area contributed by atoms with E-state index in [-0.39, 0.29) is 11.5 Å². The zero-order chi connectivity index (χ0) is 13.1. The molecule has 98 valence electrons. The topological polar surface area (TPSA) is 23.6 Å². The highest BCUT2D eigenvalue weighted by Crippen LogP contribution is 2.18. The molecule has 1 saturated heterocycles. The van der Waals surface area contributed by atoms with E-state index in [2.05, 4.69) is 27.8 Å². The molecule has 1 fully saturated rings. The van der Waals surface area contributed by atoms with Crippen LogP contribution >= 0.6 is 15.9 Å². The lowest BCUT2D eigenvalue weighted by atomic mass is 10.1. The molecule has 1 aromatic carbocycles. The summed E-state index contributed by atoms with van der Waals surface area (Å²) in [7, 11) is 0. The third-order valence-corrected chi connectivity index (χ3v) is 3.76. The molecule has 1 heterocycles. The number of piperazine rings is 1. The summed E-state index contributed by atoms with van der Waals surface area (Å²) < 4.78 is 14.4. The van der Waals surface area contributed by atoms with E-state index in [9.17, 15) is 9.18 Å². The van der Waals surface area contributed by atoms with Crippen LogP contribution in [0.5, 0.6) is 0 Å². The predicted octanol–water partition coefficient (Wildman–Crippen LogP) is 2.37. The number of nitrogens with zero attached hydrogens (tertiary/aromatic N) is 2. The first-order chi connectivity index (χ1) is 8.61. The lowest BCUT2D eigenvalue weighted by Gasteiger charge is -2.34. The van der Waals surface area contributed by atoms with E-state index in [0.717, 1.165) is 24.1 Å². The van der Waals surface area contributed by atoms with Crippen LogP contribution < -0.4 is 0 Å². The summed E-state index contributed by atoms with van der Waals surface area (Å²) in [6.07, 6.45) is 0. The van der Waals surface area contributed by atoms with E-state index in [1.54, 1.807) is 17.0 Å². The molecule has 1 aromatic rings.